The van der Waals surface area contributed by atoms with E-state index in [1.54, 1.807) is 24.3 Å². The molecule has 0 radical (unpaired) electrons. The van der Waals surface area contributed by atoms with Crippen LogP contribution >= 0.6 is 22.9 Å². The first-order valence-corrected chi connectivity index (χ1v) is 7.74. The minimum Gasteiger partial charge on any atom is -0.385 e. The summed E-state index contributed by atoms with van der Waals surface area (Å²) in [5.41, 5.74) is 0.648. The summed E-state index contributed by atoms with van der Waals surface area (Å²) in [7, 11) is 0. The third-order valence-corrected chi connectivity index (χ3v) is 3.54. The van der Waals surface area contributed by atoms with E-state index in [2.05, 4.69) is 20.8 Å². The molecule has 0 atom stereocenters. The van der Waals surface area contributed by atoms with Crippen LogP contribution in [0, 0.1) is 0 Å². The molecule has 0 bridgehead atoms. The van der Waals surface area contributed by atoms with Gasteiger partial charge in [0, 0.05) is 16.1 Å². The number of nitrogens with zero attached hydrogens (tertiary/aromatic N) is 2. The van der Waals surface area contributed by atoms with E-state index >= 15 is 0 Å². The van der Waals surface area contributed by atoms with Crippen molar-refractivity contribution in [3.8, 4) is 0 Å². The van der Waals surface area contributed by atoms with Crippen LogP contribution in [-0.2, 0) is 19.2 Å². The van der Waals surface area contributed by atoms with Gasteiger partial charge in [0.1, 0.15) is 5.69 Å². The second-order valence-electron chi connectivity index (χ2n) is 4.23. The summed E-state index contributed by atoms with van der Waals surface area (Å²) in [6.45, 7) is -0.395. The predicted molar refractivity (Wildman–Crippen MR) is 90.4 cm³/mol. The van der Waals surface area contributed by atoms with Crippen LogP contribution in [0.15, 0.2) is 34.8 Å². The van der Waals surface area contributed by atoms with Crippen LogP contribution in [0.2, 0.25) is 5.02 Å². The van der Waals surface area contributed by atoms with E-state index in [0.29, 0.717) is 28.5 Å². The fourth-order valence-electron chi connectivity index (χ4n) is 1.56. The summed E-state index contributed by atoms with van der Waals surface area (Å²) < 4.78 is 0. The molecular formula is C14H11ClN4O4S. The maximum Gasteiger partial charge on any atom is 0.265 e. The molecule has 0 aliphatic rings. The second kappa shape index (κ2) is 8.75. The molecule has 0 aliphatic heterocycles. The van der Waals surface area contributed by atoms with Crippen molar-refractivity contribution in [3.63, 3.8) is 0 Å². The quantitative estimate of drug-likeness (QED) is 0.421. The van der Waals surface area contributed by atoms with Gasteiger partial charge in [0.15, 0.2) is 23.7 Å². The van der Waals surface area contributed by atoms with E-state index in [4.69, 9.17) is 16.4 Å². The number of thiazole rings is 1. The van der Waals surface area contributed by atoms with Crippen molar-refractivity contribution in [2.24, 2.45) is 5.16 Å². The number of oxime groups is 1. The average molecular weight is 367 g/mol. The molecule has 1 heterocycles. The number of hydrogen-bond donors (Lipinski definition) is 2. The molecule has 0 aliphatic carbocycles. The Morgan fingerprint density at radius 2 is 2.25 bits per heavy atom. The van der Waals surface area contributed by atoms with Crippen molar-refractivity contribution in [1.82, 2.24) is 4.98 Å². The lowest BCUT2D eigenvalue weighted by molar-refractivity contribution is -0.120. The zero-order valence-corrected chi connectivity index (χ0v) is 13.6. The number of rotatable bonds is 8. The number of benzene rings is 1. The zero-order chi connectivity index (χ0) is 17.4. The van der Waals surface area contributed by atoms with E-state index < -0.39 is 12.5 Å². The van der Waals surface area contributed by atoms with Crippen molar-refractivity contribution in [1.29, 1.82) is 0 Å². The van der Waals surface area contributed by atoms with Crippen LogP contribution in [0.25, 0.3) is 0 Å². The predicted octanol–water partition coefficient (Wildman–Crippen LogP) is 1.92. The molecule has 1 aromatic carbocycles. The van der Waals surface area contributed by atoms with Crippen molar-refractivity contribution >= 4 is 58.1 Å². The number of amides is 2. The fourth-order valence-corrected chi connectivity index (χ4v) is 2.41. The van der Waals surface area contributed by atoms with Gasteiger partial charge < -0.3 is 15.5 Å². The molecule has 24 heavy (non-hydrogen) atoms. The first-order chi connectivity index (χ1) is 11.6. The van der Waals surface area contributed by atoms with Crippen LogP contribution in [0.3, 0.4) is 0 Å². The normalized spacial score (nSPS) is 10.8. The summed E-state index contributed by atoms with van der Waals surface area (Å²) in [6, 6.07) is 6.61. The van der Waals surface area contributed by atoms with Gasteiger partial charge in [0.05, 0.1) is 0 Å². The largest absolute Gasteiger partial charge is 0.385 e. The third-order valence-electron chi connectivity index (χ3n) is 2.53. The maximum atomic E-state index is 11.7. The summed E-state index contributed by atoms with van der Waals surface area (Å²) in [4.78, 5) is 41.9. The number of carbonyl (C=O) groups is 3. The summed E-state index contributed by atoms with van der Waals surface area (Å²) in [5.74, 6) is -0.465. The van der Waals surface area contributed by atoms with Crippen LogP contribution in [0.4, 0.5) is 10.8 Å². The topological polar surface area (TPSA) is 110 Å². The molecule has 2 N–H and O–H groups in total. The van der Waals surface area contributed by atoms with E-state index in [9.17, 15) is 14.4 Å². The summed E-state index contributed by atoms with van der Waals surface area (Å²) >= 11 is 6.93. The van der Waals surface area contributed by atoms with Gasteiger partial charge in [-0.25, -0.2) is 4.98 Å². The van der Waals surface area contributed by atoms with E-state index in [1.807, 2.05) is 0 Å². The summed E-state index contributed by atoms with van der Waals surface area (Å²) in [6.07, 6.45) is 0.908. The highest BCUT2D eigenvalue weighted by atomic mass is 35.5. The van der Waals surface area contributed by atoms with Gasteiger partial charge in [0.25, 0.3) is 5.91 Å². The van der Waals surface area contributed by atoms with Crippen molar-refractivity contribution in [2.75, 3.05) is 17.2 Å². The zero-order valence-electron chi connectivity index (χ0n) is 12.1. The second-order valence-corrected chi connectivity index (χ2v) is 5.52. The van der Waals surface area contributed by atoms with Crippen molar-refractivity contribution < 1.29 is 19.2 Å². The SMILES string of the molecule is O=CNc1nc(C(C=O)=NOCC(=O)Nc2cccc(Cl)c2)cs1. The smallest absolute Gasteiger partial charge is 0.265 e. The molecule has 8 nitrogen and oxygen atoms in total. The van der Waals surface area contributed by atoms with Crippen LogP contribution in [0.1, 0.15) is 5.69 Å². The van der Waals surface area contributed by atoms with Crippen LogP contribution in [-0.4, -0.2) is 35.9 Å². The molecule has 2 rings (SSSR count). The van der Waals surface area contributed by atoms with Gasteiger partial charge in [-0.15, -0.1) is 11.3 Å². The number of anilines is 2. The van der Waals surface area contributed by atoms with E-state index in [1.165, 1.54) is 5.38 Å². The van der Waals surface area contributed by atoms with Gasteiger partial charge >= 0.3 is 0 Å². The number of halogens is 1. The Kier molecular flexibility index (Phi) is 6.41. The lowest BCUT2D eigenvalue weighted by Crippen LogP contribution is -2.17. The minimum atomic E-state index is -0.465. The Morgan fingerprint density at radius 1 is 1.42 bits per heavy atom. The molecule has 1 aromatic heterocycles. The van der Waals surface area contributed by atoms with Crippen LogP contribution in [0.5, 0.6) is 0 Å². The maximum absolute atomic E-state index is 11.7. The first-order valence-electron chi connectivity index (χ1n) is 6.49. The average Bonchev–Trinajstić information content (AvgIpc) is 3.00. The van der Waals surface area contributed by atoms with Gasteiger partial charge in [-0.2, -0.15) is 0 Å². The van der Waals surface area contributed by atoms with Gasteiger partial charge in [-0.05, 0) is 18.2 Å². The molecule has 0 saturated heterocycles. The number of aromatic nitrogens is 1. The van der Waals surface area contributed by atoms with Gasteiger partial charge in [-0.3, -0.25) is 14.4 Å². The lowest BCUT2D eigenvalue weighted by Gasteiger charge is -2.04. The van der Waals surface area contributed by atoms with E-state index in [0.717, 1.165) is 11.3 Å². The molecular weight excluding hydrogens is 356 g/mol. The third kappa shape index (κ3) is 5.14. The molecule has 2 aromatic rings. The Bertz CT molecular complexity index is 778. The molecule has 124 valence electrons. The fraction of sp³-hybridized carbons (Fsp3) is 0.0714. The highest BCUT2D eigenvalue weighted by Crippen LogP contribution is 2.15. The molecule has 10 heteroatoms. The minimum absolute atomic E-state index is 0.0965. The van der Waals surface area contributed by atoms with Gasteiger partial charge in [0.2, 0.25) is 6.41 Å². The number of aldehydes is 1. The standard InChI is InChI=1S/C14H11ClN4O4S/c15-9-2-1-3-10(4-9)17-13(22)6-23-19-11(5-20)12-7-24-14(18-12)16-8-21/h1-5,7-8H,6H2,(H,17,22)(H,16,18,21). The Hall–Kier alpha value is -2.78. The highest BCUT2D eigenvalue weighted by molar-refractivity contribution is 7.14. The molecule has 0 unspecified atom stereocenters. The monoisotopic (exact) mass is 366 g/mol. The van der Waals surface area contributed by atoms with Crippen molar-refractivity contribution in [2.45, 2.75) is 0 Å². The number of carbonyl (C=O) groups excluding carboxylic acids is 3. The van der Waals surface area contributed by atoms with Crippen LogP contribution < -0.4 is 10.6 Å². The molecule has 0 spiro atoms. The molecule has 0 saturated carbocycles. The number of hydrogen-bond acceptors (Lipinski definition) is 7. The Balaban J connectivity index is 1.91. The Morgan fingerprint density at radius 3 is 2.96 bits per heavy atom. The lowest BCUT2D eigenvalue weighted by atomic mass is 10.3. The number of nitrogens with one attached hydrogen (secondary N) is 2. The van der Waals surface area contributed by atoms with Gasteiger partial charge in [-0.1, -0.05) is 22.8 Å². The summed E-state index contributed by atoms with van der Waals surface area (Å²) in [5, 5.41) is 10.8. The molecule has 2 amide bonds. The first kappa shape index (κ1) is 17.6. The molecule has 0 fully saturated rings. The van der Waals surface area contributed by atoms with Crippen molar-refractivity contribution in [3.05, 3.63) is 40.4 Å². The van der Waals surface area contributed by atoms with E-state index in [-0.39, 0.29) is 11.4 Å². The Labute approximate surface area is 145 Å². The highest BCUT2D eigenvalue weighted by Gasteiger charge is 2.10.